The van der Waals surface area contributed by atoms with E-state index in [1.807, 2.05) is 27.7 Å². The molecule has 2 unspecified atom stereocenters. The van der Waals surface area contributed by atoms with Gasteiger partial charge >= 0.3 is 0 Å². The van der Waals surface area contributed by atoms with Crippen LogP contribution in [0.3, 0.4) is 0 Å². The van der Waals surface area contributed by atoms with Gasteiger partial charge in [-0.3, -0.25) is 0 Å². The molecule has 114 valence electrons. The van der Waals surface area contributed by atoms with Gasteiger partial charge in [-0.25, -0.2) is 8.78 Å². The van der Waals surface area contributed by atoms with E-state index in [4.69, 9.17) is 4.74 Å². The Balaban J connectivity index is 3.30. The molecule has 0 aliphatic heterocycles. The van der Waals surface area contributed by atoms with E-state index >= 15 is 0 Å². The fourth-order valence-corrected chi connectivity index (χ4v) is 2.49. The summed E-state index contributed by atoms with van der Waals surface area (Å²) in [4.78, 5) is 0. The van der Waals surface area contributed by atoms with Crippen LogP contribution in [0.1, 0.15) is 44.9 Å². The molecule has 0 aliphatic carbocycles. The first-order valence-electron chi connectivity index (χ1n) is 6.94. The van der Waals surface area contributed by atoms with Gasteiger partial charge in [0.1, 0.15) is 0 Å². The molecule has 4 heteroatoms. The lowest BCUT2D eigenvalue weighted by Crippen LogP contribution is -2.42. The summed E-state index contributed by atoms with van der Waals surface area (Å²) >= 11 is 0. The monoisotopic (exact) mass is 285 g/mol. The van der Waals surface area contributed by atoms with Crippen LogP contribution < -0.4 is 5.32 Å². The molecule has 0 aromatic heterocycles. The third kappa shape index (κ3) is 3.55. The van der Waals surface area contributed by atoms with Gasteiger partial charge < -0.3 is 10.1 Å². The minimum Gasteiger partial charge on any atom is -0.379 e. The van der Waals surface area contributed by atoms with Crippen LogP contribution in [0.5, 0.6) is 0 Å². The van der Waals surface area contributed by atoms with Crippen LogP contribution in [0.25, 0.3) is 0 Å². The van der Waals surface area contributed by atoms with Crippen LogP contribution in [0.2, 0.25) is 0 Å². The summed E-state index contributed by atoms with van der Waals surface area (Å²) in [6, 6.07) is 2.85. The van der Waals surface area contributed by atoms with Crippen molar-refractivity contribution in [1.82, 2.24) is 5.32 Å². The van der Waals surface area contributed by atoms with Crippen LogP contribution in [0.15, 0.2) is 12.1 Å². The van der Waals surface area contributed by atoms with Gasteiger partial charge in [-0.1, -0.05) is 39.8 Å². The molecular formula is C16H25F2NO. The van der Waals surface area contributed by atoms with E-state index in [-0.39, 0.29) is 17.6 Å². The number of hydrogen-bond donors (Lipinski definition) is 1. The highest BCUT2D eigenvalue weighted by Gasteiger charge is 2.35. The molecule has 1 aromatic rings. The molecule has 0 spiro atoms. The minimum absolute atomic E-state index is 0.199. The Bertz CT molecular complexity index is 455. The lowest BCUT2D eigenvalue weighted by atomic mass is 9.81. The van der Waals surface area contributed by atoms with Crippen LogP contribution in [-0.2, 0) is 4.74 Å². The van der Waals surface area contributed by atoms with Crippen LogP contribution >= 0.6 is 0 Å². The summed E-state index contributed by atoms with van der Waals surface area (Å²) in [7, 11) is 1.60. The second kappa shape index (κ2) is 6.64. The standard InChI is InChI=1S/C16H25F2NO/c1-7-19-14(15(20-6)16(3,4)5)11-9-8-10(2)12(17)13(11)18/h8-9,14-15,19H,7H2,1-6H3. The molecule has 0 saturated heterocycles. The highest BCUT2D eigenvalue weighted by molar-refractivity contribution is 5.29. The SMILES string of the molecule is CCNC(c1ccc(C)c(F)c1F)C(OC)C(C)(C)C. The Morgan fingerprint density at radius 1 is 1.20 bits per heavy atom. The van der Waals surface area contributed by atoms with Gasteiger partial charge in [0.2, 0.25) is 0 Å². The smallest absolute Gasteiger partial charge is 0.163 e. The van der Waals surface area contributed by atoms with Gasteiger partial charge in [-0.15, -0.1) is 0 Å². The molecule has 2 atom stereocenters. The lowest BCUT2D eigenvalue weighted by Gasteiger charge is -2.36. The molecule has 0 bridgehead atoms. The number of hydrogen-bond acceptors (Lipinski definition) is 2. The number of halogens is 2. The molecule has 0 radical (unpaired) electrons. The molecule has 0 heterocycles. The summed E-state index contributed by atoms with van der Waals surface area (Å²) in [5.74, 6) is -1.57. The zero-order chi connectivity index (χ0) is 15.5. The first-order chi connectivity index (χ1) is 9.23. The molecule has 0 amide bonds. The summed E-state index contributed by atoms with van der Waals surface area (Å²) in [5.41, 5.74) is 0.429. The predicted molar refractivity (Wildman–Crippen MR) is 77.8 cm³/mol. The number of rotatable bonds is 5. The lowest BCUT2D eigenvalue weighted by molar-refractivity contribution is -0.0125. The maximum Gasteiger partial charge on any atom is 0.163 e. The first kappa shape index (κ1) is 17.1. The molecule has 0 fully saturated rings. The summed E-state index contributed by atoms with van der Waals surface area (Å²) in [6.07, 6.45) is -0.265. The van der Waals surface area contributed by atoms with Crippen molar-refractivity contribution in [3.8, 4) is 0 Å². The third-order valence-electron chi connectivity index (χ3n) is 3.47. The van der Waals surface area contributed by atoms with Crippen molar-refractivity contribution >= 4 is 0 Å². The van der Waals surface area contributed by atoms with Crippen molar-refractivity contribution in [1.29, 1.82) is 0 Å². The van der Waals surface area contributed by atoms with Crippen molar-refractivity contribution in [2.24, 2.45) is 5.41 Å². The van der Waals surface area contributed by atoms with Crippen molar-refractivity contribution in [3.63, 3.8) is 0 Å². The zero-order valence-electron chi connectivity index (χ0n) is 13.2. The number of nitrogens with one attached hydrogen (secondary N) is 1. The second-order valence-corrected chi connectivity index (χ2v) is 6.16. The van der Waals surface area contributed by atoms with Crippen molar-refractivity contribution in [2.75, 3.05) is 13.7 Å². The van der Waals surface area contributed by atoms with Crippen molar-refractivity contribution in [3.05, 3.63) is 34.9 Å². The van der Waals surface area contributed by atoms with Crippen molar-refractivity contribution in [2.45, 2.75) is 46.8 Å². The Kier molecular flexibility index (Phi) is 5.66. The first-order valence-corrected chi connectivity index (χ1v) is 6.94. The number of likely N-dealkylation sites (N-methyl/N-ethyl adjacent to an activating group) is 1. The van der Waals surface area contributed by atoms with Crippen LogP contribution in [0, 0.1) is 24.0 Å². The number of methoxy groups -OCH3 is 1. The number of benzene rings is 1. The Hall–Kier alpha value is -1.00. The maximum atomic E-state index is 14.3. The number of ether oxygens (including phenoxy) is 1. The fourth-order valence-electron chi connectivity index (χ4n) is 2.49. The van der Waals surface area contributed by atoms with Gasteiger partial charge in [-0.05, 0) is 24.4 Å². The summed E-state index contributed by atoms with van der Waals surface area (Å²) in [6.45, 7) is 10.2. The molecule has 1 N–H and O–H groups in total. The third-order valence-corrected chi connectivity index (χ3v) is 3.47. The largest absolute Gasteiger partial charge is 0.379 e. The minimum atomic E-state index is -0.790. The van der Waals surface area contributed by atoms with Crippen LogP contribution in [-0.4, -0.2) is 19.8 Å². The quantitative estimate of drug-likeness (QED) is 0.883. The van der Waals surface area contributed by atoms with Gasteiger partial charge in [0, 0.05) is 12.7 Å². The molecular weight excluding hydrogens is 260 g/mol. The van der Waals surface area contributed by atoms with Gasteiger partial charge in [-0.2, -0.15) is 0 Å². The maximum absolute atomic E-state index is 14.3. The molecule has 0 aliphatic rings. The predicted octanol–water partition coefficient (Wildman–Crippen LogP) is 3.98. The summed E-state index contributed by atoms with van der Waals surface area (Å²) < 4.78 is 33.6. The van der Waals surface area contributed by atoms with E-state index in [0.29, 0.717) is 17.7 Å². The van der Waals surface area contributed by atoms with E-state index in [1.54, 1.807) is 26.2 Å². The Labute approximate surface area is 120 Å². The molecule has 0 saturated carbocycles. The van der Waals surface area contributed by atoms with Crippen LogP contribution in [0.4, 0.5) is 8.78 Å². The highest BCUT2D eigenvalue weighted by atomic mass is 19.2. The van der Waals surface area contributed by atoms with E-state index in [0.717, 1.165) is 0 Å². The van der Waals surface area contributed by atoms with Gasteiger partial charge in [0.25, 0.3) is 0 Å². The average Bonchev–Trinajstić information content (AvgIpc) is 2.35. The normalized spacial score (nSPS) is 15.2. The fraction of sp³-hybridized carbons (Fsp3) is 0.625. The number of aryl methyl sites for hydroxylation is 1. The van der Waals surface area contributed by atoms with Crippen molar-refractivity contribution < 1.29 is 13.5 Å². The van der Waals surface area contributed by atoms with Gasteiger partial charge in [0.05, 0.1) is 12.1 Å². The van der Waals surface area contributed by atoms with E-state index in [9.17, 15) is 8.78 Å². The topological polar surface area (TPSA) is 21.3 Å². The van der Waals surface area contributed by atoms with E-state index in [1.165, 1.54) is 0 Å². The molecule has 1 aromatic carbocycles. The Morgan fingerprint density at radius 2 is 1.80 bits per heavy atom. The van der Waals surface area contributed by atoms with E-state index < -0.39 is 11.6 Å². The zero-order valence-corrected chi connectivity index (χ0v) is 13.2. The Morgan fingerprint density at radius 3 is 2.25 bits per heavy atom. The molecule has 20 heavy (non-hydrogen) atoms. The highest BCUT2D eigenvalue weighted by Crippen LogP contribution is 2.34. The summed E-state index contributed by atoms with van der Waals surface area (Å²) in [5, 5.41) is 3.21. The van der Waals surface area contributed by atoms with Gasteiger partial charge in [0.15, 0.2) is 11.6 Å². The average molecular weight is 285 g/mol. The van der Waals surface area contributed by atoms with E-state index in [2.05, 4.69) is 5.32 Å². The second-order valence-electron chi connectivity index (χ2n) is 6.16. The molecule has 2 nitrogen and oxygen atoms in total. The molecule has 1 rings (SSSR count).